The van der Waals surface area contributed by atoms with Crippen LogP contribution in [-0.2, 0) is 4.74 Å². The fourth-order valence-corrected chi connectivity index (χ4v) is 1.61. The molecular formula is C9H14N4O. The van der Waals surface area contributed by atoms with Gasteiger partial charge in [0.2, 0.25) is 0 Å². The topological polar surface area (TPSA) is 64.3 Å². The summed E-state index contributed by atoms with van der Waals surface area (Å²) in [5.74, 6) is 0.929. The van der Waals surface area contributed by atoms with Crippen molar-refractivity contribution in [1.29, 1.82) is 0 Å². The van der Waals surface area contributed by atoms with Gasteiger partial charge in [-0.2, -0.15) is 0 Å². The third kappa shape index (κ3) is 1.83. The van der Waals surface area contributed by atoms with Gasteiger partial charge in [0, 0.05) is 19.3 Å². The first-order valence-electron chi connectivity index (χ1n) is 4.72. The van der Waals surface area contributed by atoms with Crippen LogP contribution >= 0.6 is 0 Å². The second kappa shape index (κ2) is 4.34. The average Bonchev–Trinajstić information content (AvgIpc) is 2.30. The Morgan fingerprint density at radius 1 is 1.64 bits per heavy atom. The van der Waals surface area contributed by atoms with Crippen LogP contribution in [-0.4, -0.2) is 42.3 Å². The van der Waals surface area contributed by atoms with E-state index >= 15 is 0 Å². The lowest BCUT2D eigenvalue weighted by Gasteiger charge is -2.35. The van der Waals surface area contributed by atoms with Gasteiger partial charge in [0.05, 0.1) is 19.3 Å². The van der Waals surface area contributed by atoms with Gasteiger partial charge in [-0.15, -0.1) is 0 Å². The Kier molecular flexibility index (Phi) is 2.90. The number of anilines is 1. The van der Waals surface area contributed by atoms with E-state index in [0.29, 0.717) is 13.2 Å². The lowest BCUT2D eigenvalue weighted by molar-refractivity contribution is 0.0958. The molecule has 1 saturated heterocycles. The summed E-state index contributed by atoms with van der Waals surface area (Å²) in [4.78, 5) is 10.3. The van der Waals surface area contributed by atoms with E-state index < -0.39 is 0 Å². The SMILES string of the molecule is NCC1COCCN1c1ccncn1. The molecule has 0 amide bonds. The summed E-state index contributed by atoms with van der Waals surface area (Å²) in [5.41, 5.74) is 5.67. The van der Waals surface area contributed by atoms with E-state index in [-0.39, 0.29) is 6.04 Å². The predicted molar refractivity (Wildman–Crippen MR) is 53.0 cm³/mol. The highest BCUT2D eigenvalue weighted by atomic mass is 16.5. The Morgan fingerprint density at radius 2 is 2.57 bits per heavy atom. The second-order valence-electron chi connectivity index (χ2n) is 3.23. The fraction of sp³-hybridized carbons (Fsp3) is 0.556. The summed E-state index contributed by atoms with van der Waals surface area (Å²) in [7, 11) is 0. The molecule has 0 aliphatic carbocycles. The minimum absolute atomic E-state index is 0.235. The Morgan fingerprint density at radius 3 is 3.29 bits per heavy atom. The van der Waals surface area contributed by atoms with Gasteiger partial charge in [0.25, 0.3) is 0 Å². The fourth-order valence-electron chi connectivity index (χ4n) is 1.61. The molecule has 2 N–H and O–H groups in total. The van der Waals surface area contributed by atoms with Crippen LogP contribution in [0.2, 0.25) is 0 Å². The number of nitrogens with two attached hydrogens (primary N) is 1. The molecule has 1 unspecified atom stereocenters. The molecular weight excluding hydrogens is 180 g/mol. The molecule has 2 heterocycles. The van der Waals surface area contributed by atoms with E-state index in [1.54, 1.807) is 12.5 Å². The van der Waals surface area contributed by atoms with Gasteiger partial charge >= 0.3 is 0 Å². The molecule has 1 fully saturated rings. The average molecular weight is 194 g/mol. The van der Waals surface area contributed by atoms with Crippen molar-refractivity contribution in [3.05, 3.63) is 18.6 Å². The van der Waals surface area contributed by atoms with Crippen molar-refractivity contribution in [3.8, 4) is 0 Å². The number of aromatic nitrogens is 2. The zero-order valence-corrected chi connectivity index (χ0v) is 7.97. The van der Waals surface area contributed by atoms with Gasteiger partial charge < -0.3 is 15.4 Å². The highest BCUT2D eigenvalue weighted by Crippen LogP contribution is 2.14. The van der Waals surface area contributed by atoms with E-state index in [2.05, 4.69) is 14.9 Å². The molecule has 2 rings (SSSR count). The zero-order valence-electron chi connectivity index (χ0n) is 7.97. The van der Waals surface area contributed by atoms with E-state index in [0.717, 1.165) is 19.0 Å². The van der Waals surface area contributed by atoms with E-state index in [4.69, 9.17) is 10.5 Å². The van der Waals surface area contributed by atoms with Crippen LogP contribution in [0.5, 0.6) is 0 Å². The summed E-state index contributed by atoms with van der Waals surface area (Å²) in [6.07, 6.45) is 3.30. The van der Waals surface area contributed by atoms with Crippen LogP contribution in [0.3, 0.4) is 0 Å². The molecule has 76 valence electrons. The summed E-state index contributed by atoms with van der Waals surface area (Å²) >= 11 is 0. The molecule has 1 aliphatic heterocycles. The summed E-state index contributed by atoms with van der Waals surface area (Å²) in [6.45, 7) is 2.85. The Balaban J connectivity index is 2.15. The maximum atomic E-state index is 5.67. The van der Waals surface area contributed by atoms with E-state index in [9.17, 15) is 0 Å². The molecule has 1 aromatic heterocycles. The van der Waals surface area contributed by atoms with Gasteiger partial charge in [0.1, 0.15) is 12.1 Å². The molecule has 0 bridgehead atoms. The molecule has 0 radical (unpaired) electrons. The van der Waals surface area contributed by atoms with Crippen molar-refractivity contribution in [1.82, 2.24) is 9.97 Å². The summed E-state index contributed by atoms with van der Waals surface area (Å²) < 4.78 is 5.36. The maximum Gasteiger partial charge on any atom is 0.132 e. The van der Waals surface area contributed by atoms with Crippen LogP contribution in [0.1, 0.15) is 0 Å². The van der Waals surface area contributed by atoms with Crippen LogP contribution in [0.25, 0.3) is 0 Å². The van der Waals surface area contributed by atoms with Gasteiger partial charge in [-0.25, -0.2) is 9.97 Å². The molecule has 1 atom stereocenters. The van der Waals surface area contributed by atoms with Crippen LogP contribution in [0.4, 0.5) is 5.82 Å². The highest BCUT2D eigenvalue weighted by Gasteiger charge is 2.22. The quantitative estimate of drug-likeness (QED) is 0.696. The minimum atomic E-state index is 0.235. The lowest BCUT2D eigenvalue weighted by atomic mass is 10.2. The van der Waals surface area contributed by atoms with Gasteiger partial charge in [0.15, 0.2) is 0 Å². The van der Waals surface area contributed by atoms with Crippen LogP contribution < -0.4 is 10.6 Å². The third-order valence-electron chi connectivity index (χ3n) is 2.36. The van der Waals surface area contributed by atoms with Gasteiger partial charge in [-0.1, -0.05) is 0 Å². The Bertz CT molecular complexity index is 279. The van der Waals surface area contributed by atoms with Crippen molar-refractivity contribution in [2.75, 3.05) is 31.2 Å². The van der Waals surface area contributed by atoms with Gasteiger partial charge in [-0.05, 0) is 6.07 Å². The second-order valence-corrected chi connectivity index (χ2v) is 3.23. The number of ether oxygens (including phenoxy) is 1. The summed E-state index contributed by atoms with van der Waals surface area (Å²) in [6, 6.07) is 2.13. The largest absolute Gasteiger partial charge is 0.377 e. The minimum Gasteiger partial charge on any atom is -0.377 e. The van der Waals surface area contributed by atoms with E-state index in [1.165, 1.54) is 0 Å². The van der Waals surface area contributed by atoms with Crippen molar-refractivity contribution in [2.45, 2.75) is 6.04 Å². The molecule has 5 nitrogen and oxygen atoms in total. The van der Waals surface area contributed by atoms with E-state index in [1.807, 2.05) is 6.07 Å². The molecule has 1 aliphatic rings. The summed E-state index contributed by atoms with van der Waals surface area (Å²) in [5, 5.41) is 0. The molecule has 5 heteroatoms. The number of rotatable bonds is 2. The van der Waals surface area contributed by atoms with Crippen molar-refractivity contribution in [3.63, 3.8) is 0 Å². The molecule has 0 saturated carbocycles. The normalized spacial score (nSPS) is 22.4. The lowest BCUT2D eigenvalue weighted by Crippen LogP contribution is -2.49. The Labute approximate surface area is 82.9 Å². The van der Waals surface area contributed by atoms with Crippen LogP contribution in [0.15, 0.2) is 18.6 Å². The smallest absolute Gasteiger partial charge is 0.132 e. The first-order valence-corrected chi connectivity index (χ1v) is 4.72. The molecule has 14 heavy (non-hydrogen) atoms. The monoisotopic (exact) mass is 194 g/mol. The van der Waals surface area contributed by atoms with Crippen molar-refractivity contribution < 1.29 is 4.74 Å². The molecule has 1 aromatic rings. The Hall–Kier alpha value is -1.20. The first kappa shape index (κ1) is 9.36. The van der Waals surface area contributed by atoms with Crippen molar-refractivity contribution in [2.24, 2.45) is 5.73 Å². The molecule has 0 spiro atoms. The third-order valence-corrected chi connectivity index (χ3v) is 2.36. The molecule has 0 aromatic carbocycles. The van der Waals surface area contributed by atoms with Gasteiger partial charge in [-0.3, -0.25) is 0 Å². The standard InChI is InChI=1S/C9H14N4O/c10-5-8-6-14-4-3-13(8)9-1-2-11-7-12-9/h1-2,7-8H,3-6,10H2. The number of nitrogens with zero attached hydrogens (tertiary/aromatic N) is 3. The number of morpholine rings is 1. The number of hydrogen-bond donors (Lipinski definition) is 1. The van der Waals surface area contributed by atoms with Crippen molar-refractivity contribution >= 4 is 5.82 Å². The zero-order chi connectivity index (χ0) is 9.80. The number of hydrogen-bond acceptors (Lipinski definition) is 5. The highest BCUT2D eigenvalue weighted by molar-refractivity contribution is 5.38. The first-order chi connectivity index (χ1) is 6.92. The maximum absolute atomic E-state index is 5.67. The van der Waals surface area contributed by atoms with Crippen LogP contribution in [0, 0.1) is 0 Å². The predicted octanol–water partition coefficient (Wildman–Crippen LogP) is -0.360.